The summed E-state index contributed by atoms with van der Waals surface area (Å²) in [6, 6.07) is 4.51. The van der Waals surface area contributed by atoms with Crippen molar-refractivity contribution >= 4 is 5.97 Å². The molecule has 2 nitrogen and oxygen atoms in total. The third kappa shape index (κ3) is 2.89. The van der Waals surface area contributed by atoms with Gasteiger partial charge in [0.05, 0.1) is 5.56 Å². The highest BCUT2D eigenvalue weighted by atomic mass is 19.1. The van der Waals surface area contributed by atoms with Crippen molar-refractivity contribution in [3.05, 3.63) is 35.1 Å². The second kappa shape index (κ2) is 5.51. The fourth-order valence-electron chi connectivity index (χ4n) is 2.45. The van der Waals surface area contributed by atoms with Crippen molar-refractivity contribution in [3.8, 4) is 0 Å². The van der Waals surface area contributed by atoms with Crippen LogP contribution in [0.25, 0.3) is 0 Å². The average molecular weight is 250 g/mol. The highest BCUT2D eigenvalue weighted by Crippen LogP contribution is 2.27. The Kier molecular flexibility index (Phi) is 4.00. The molecule has 0 bridgehead atoms. The summed E-state index contributed by atoms with van der Waals surface area (Å²) in [5, 5.41) is 0. The average Bonchev–Trinajstić information content (AvgIpc) is 2.35. The molecule has 1 aromatic carbocycles. The number of ether oxygens (including phenoxy) is 1. The van der Waals surface area contributed by atoms with Crippen molar-refractivity contribution < 1.29 is 13.9 Å². The van der Waals surface area contributed by atoms with Gasteiger partial charge in [0.2, 0.25) is 0 Å². The van der Waals surface area contributed by atoms with Gasteiger partial charge in [-0.3, -0.25) is 0 Å². The minimum absolute atomic E-state index is 0.0489. The first-order chi connectivity index (χ1) is 8.58. The number of aryl methyl sites for hydroxylation is 1. The van der Waals surface area contributed by atoms with E-state index in [9.17, 15) is 9.18 Å². The summed E-state index contributed by atoms with van der Waals surface area (Å²) in [4.78, 5) is 12.0. The molecule has 1 fully saturated rings. The Morgan fingerprint density at radius 3 is 2.78 bits per heavy atom. The van der Waals surface area contributed by atoms with E-state index in [1.165, 1.54) is 12.5 Å². The van der Waals surface area contributed by atoms with Gasteiger partial charge in [-0.05, 0) is 44.2 Å². The Morgan fingerprint density at radius 1 is 1.33 bits per heavy atom. The van der Waals surface area contributed by atoms with Crippen LogP contribution in [0, 0.1) is 18.7 Å². The molecule has 0 heterocycles. The van der Waals surface area contributed by atoms with Crippen molar-refractivity contribution in [1.29, 1.82) is 0 Å². The Hall–Kier alpha value is -1.38. The Labute approximate surface area is 107 Å². The van der Waals surface area contributed by atoms with E-state index in [0.29, 0.717) is 5.92 Å². The molecule has 2 rings (SSSR count). The highest BCUT2D eigenvalue weighted by Gasteiger charge is 2.26. The summed E-state index contributed by atoms with van der Waals surface area (Å²) in [5.41, 5.74) is 0.910. The summed E-state index contributed by atoms with van der Waals surface area (Å²) in [7, 11) is 0. The number of carbonyl (C=O) groups is 1. The van der Waals surface area contributed by atoms with E-state index in [1.807, 2.05) is 6.92 Å². The SMILES string of the molecule is Cc1ccc(F)c(C(=O)OC2CCCCC2C)c1. The zero-order chi connectivity index (χ0) is 13.1. The number of hydrogen-bond acceptors (Lipinski definition) is 2. The van der Waals surface area contributed by atoms with Crippen LogP contribution in [0.15, 0.2) is 18.2 Å². The van der Waals surface area contributed by atoms with Gasteiger partial charge in [0.1, 0.15) is 11.9 Å². The van der Waals surface area contributed by atoms with Crippen LogP contribution in [0.1, 0.15) is 48.5 Å². The maximum Gasteiger partial charge on any atom is 0.341 e. The second-order valence-corrected chi connectivity index (χ2v) is 5.19. The largest absolute Gasteiger partial charge is 0.458 e. The van der Waals surface area contributed by atoms with E-state index in [4.69, 9.17) is 4.74 Å². The van der Waals surface area contributed by atoms with Crippen LogP contribution in [0.4, 0.5) is 4.39 Å². The number of hydrogen-bond donors (Lipinski definition) is 0. The van der Waals surface area contributed by atoms with E-state index in [-0.39, 0.29) is 11.7 Å². The van der Waals surface area contributed by atoms with Crippen LogP contribution in [0.3, 0.4) is 0 Å². The molecule has 1 aliphatic rings. The van der Waals surface area contributed by atoms with Crippen molar-refractivity contribution in [3.63, 3.8) is 0 Å². The quantitative estimate of drug-likeness (QED) is 0.745. The molecule has 0 aliphatic heterocycles. The molecule has 2 unspecified atom stereocenters. The maximum atomic E-state index is 13.6. The van der Waals surface area contributed by atoms with E-state index < -0.39 is 11.8 Å². The zero-order valence-electron chi connectivity index (χ0n) is 10.9. The van der Waals surface area contributed by atoms with Gasteiger partial charge in [-0.2, -0.15) is 0 Å². The van der Waals surface area contributed by atoms with Gasteiger partial charge < -0.3 is 4.74 Å². The fraction of sp³-hybridized carbons (Fsp3) is 0.533. The van der Waals surface area contributed by atoms with E-state index in [1.54, 1.807) is 12.1 Å². The van der Waals surface area contributed by atoms with Crippen molar-refractivity contribution in [2.75, 3.05) is 0 Å². The normalized spacial score (nSPS) is 23.7. The van der Waals surface area contributed by atoms with Gasteiger partial charge in [-0.1, -0.05) is 25.0 Å². The molecule has 2 atom stereocenters. The first-order valence-corrected chi connectivity index (χ1v) is 6.55. The third-order valence-corrected chi connectivity index (χ3v) is 3.63. The first-order valence-electron chi connectivity index (χ1n) is 6.55. The summed E-state index contributed by atoms with van der Waals surface area (Å²) in [6.45, 7) is 3.92. The summed E-state index contributed by atoms with van der Waals surface area (Å²) in [5.74, 6) is -0.667. The molecule has 0 N–H and O–H groups in total. The highest BCUT2D eigenvalue weighted by molar-refractivity contribution is 5.90. The number of carbonyl (C=O) groups excluding carboxylic acids is 1. The molecule has 0 amide bonds. The lowest BCUT2D eigenvalue weighted by molar-refractivity contribution is 0.00436. The molecule has 3 heteroatoms. The summed E-state index contributed by atoms with van der Waals surface area (Å²) in [6.07, 6.45) is 4.17. The monoisotopic (exact) mass is 250 g/mol. The number of benzene rings is 1. The molecule has 0 aromatic heterocycles. The van der Waals surface area contributed by atoms with Crippen LogP contribution in [-0.2, 0) is 4.74 Å². The molecule has 18 heavy (non-hydrogen) atoms. The van der Waals surface area contributed by atoms with Crippen LogP contribution in [0.2, 0.25) is 0 Å². The van der Waals surface area contributed by atoms with Crippen molar-refractivity contribution in [2.45, 2.75) is 45.6 Å². The standard InChI is InChI=1S/C15H19FO2/c1-10-7-8-13(16)12(9-10)15(17)18-14-6-4-3-5-11(14)2/h7-9,11,14H,3-6H2,1-2H3. The van der Waals surface area contributed by atoms with Crippen LogP contribution in [-0.4, -0.2) is 12.1 Å². The molecule has 1 saturated carbocycles. The topological polar surface area (TPSA) is 26.3 Å². The van der Waals surface area contributed by atoms with Crippen molar-refractivity contribution in [2.24, 2.45) is 5.92 Å². The van der Waals surface area contributed by atoms with Crippen LogP contribution < -0.4 is 0 Å². The maximum absolute atomic E-state index is 13.6. The predicted octanol–water partition coefficient (Wildman–Crippen LogP) is 3.87. The lowest BCUT2D eigenvalue weighted by Crippen LogP contribution is -2.28. The van der Waals surface area contributed by atoms with Gasteiger partial charge in [-0.15, -0.1) is 0 Å². The van der Waals surface area contributed by atoms with E-state index >= 15 is 0 Å². The van der Waals surface area contributed by atoms with Gasteiger partial charge in [-0.25, -0.2) is 9.18 Å². The lowest BCUT2D eigenvalue weighted by Gasteiger charge is -2.28. The molecule has 98 valence electrons. The van der Waals surface area contributed by atoms with E-state index in [0.717, 1.165) is 24.8 Å². The van der Waals surface area contributed by atoms with Crippen molar-refractivity contribution in [1.82, 2.24) is 0 Å². The van der Waals surface area contributed by atoms with Crippen LogP contribution >= 0.6 is 0 Å². The smallest absolute Gasteiger partial charge is 0.341 e. The summed E-state index contributed by atoms with van der Waals surface area (Å²) < 4.78 is 19.0. The third-order valence-electron chi connectivity index (χ3n) is 3.63. The number of rotatable bonds is 2. The van der Waals surface area contributed by atoms with Gasteiger partial charge in [0, 0.05) is 0 Å². The number of halogens is 1. The predicted molar refractivity (Wildman–Crippen MR) is 68.0 cm³/mol. The lowest BCUT2D eigenvalue weighted by atomic mass is 9.88. The fourth-order valence-corrected chi connectivity index (χ4v) is 2.45. The van der Waals surface area contributed by atoms with Gasteiger partial charge in [0.25, 0.3) is 0 Å². The summed E-state index contributed by atoms with van der Waals surface area (Å²) >= 11 is 0. The second-order valence-electron chi connectivity index (χ2n) is 5.19. The minimum atomic E-state index is -0.532. The molecule has 1 aliphatic carbocycles. The molecular weight excluding hydrogens is 231 g/mol. The van der Waals surface area contributed by atoms with Crippen LogP contribution in [0.5, 0.6) is 0 Å². The molecule has 1 aromatic rings. The molecule has 0 spiro atoms. The van der Waals surface area contributed by atoms with E-state index in [2.05, 4.69) is 6.92 Å². The number of esters is 1. The Morgan fingerprint density at radius 2 is 2.06 bits per heavy atom. The molecule has 0 radical (unpaired) electrons. The van der Waals surface area contributed by atoms with Gasteiger partial charge in [0.15, 0.2) is 0 Å². The zero-order valence-corrected chi connectivity index (χ0v) is 10.9. The van der Waals surface area contributed by atoms with Gasteiger partial charge >= 0.3 is 5.97 Å². The minimum Gasteiger partial charge on any atom is -0.458 e. The Balaban J connectivity index is 2.09. The first kappa shape index (κ1) is 13.1. The Bertz CT molecular complexity index is 442. The molecule has 0 saturated heterocycles. The molecular formula is C15H19FO2.